The highest BCUT2D eigenvalue weighted by molar-refractivity contribution is 5.81. The molecule has 7 heteroatoms. The molecule has 0 aromatic heterocycles. The van der Waals surface area contributed by atoms with Crippen LogP contribution in [0, 0.1) is 17.0 Å². The summed E-state index contributed by atoms with van der Waals surface area (Å²) in [6.45, 7) is 0.871. The van der Waals surface area contributed by atoms with Crippen LogP contribution in [0.3, 0.4) is 0 Å². The Morgan fingerprint density at radius 3 is 2.71 bits per heavy atom. The van der Waals surface area contributed by atoms with Crippen molar-refractivity contribution in [1.29, 1.82) is 0 Å². The summed E-state index contributed by atoms with van der Waals surface area (Å²) in [5, 5.41) is 9.59. The van der Waals surface area contributed by atoms with Gasteiger partial charge in [-0.1, -0.05) is 6.07 Å². The molecule has 0 spiro atoms. The Kier molecular flexibility index (Phi) is 5.88. The number of carboxylic acids is 1. The van der Waals surface area contributed by atoms with Crippen LogP contribution in [-0.4, -0.2) is 48.7 Å². The lowest BCUT2D eigenvalue weighted by atomic mass is 9.77. The SMILES string of the molecule is COCC[C@]1(C(=O)O)CCCN(C(=O)Cc2ccc(F)c(F)c2)C1. The van der Waals surface area contributed by atoms with E-state index in [-0.39, 0.29) is 18.9 Å². The summed E-state index contributed by atoms with van der Waals surface area (Å²) in [6, 6.07) is 3.33. The van der Waals surface area contributed by atoms with Gasteiger partial charge >= 0.3 is 5.97 Å². The number of carbonyl (C=O) groups excluding carboxylic acids is 1. The van der Waals surface area contributed by atoms with Gasteiger partial charge in [0.2, 0.25) is 5.91 Å². The molecule has 1 N–H and O–H groups in total. The fourth-order valence-corrected chi connectivity index (χ4v) is 3.06. The first-order chi connectivity index (χ1) is 11.4. The van der Waals surface area contributed by atoms with Gasteiger partial charge in [-0.15, -0.1) is 0 Å². The minimum absolute atomic E-state index is 0.0861. The maximum atomic E-state index is 13.2. The van der Waals surface area contributed by atoms with Gasteiger partial charge in [-0.2, -0.15) is 0 Å². The van der Waals surface area contributed by atoms with E-state index >= 15 is 0 Å². The average molecular weight is 341 g/mol. The number of methoxy groups -OCH3 is 1. The summed E-state index contributed by atoms with van der Waals surface area (Å²) in [5.41, 5.74) is -0.653. The van der Waals surface area contributed by atoms with Gasteiger partial charge in [0.05, 0.1) is 11.8 Å². The molecule has 1 fully saturated rings. The number of hydrogen-bond donors (Lipinski definition) is 1. The zero-order chi connectivity index (χ0) is 17.7. The minimum Gasteiger partial charge on any atom is -0.481 e. The Bertz CT molecular complexity index is 623. The number of carboxylic acid groups (broad SMARTS) is 1. The summed E-state index contributed by atoms with van der Waals surface area (Å²) >= 11 is 0. The molecular formula is C17H21F2NO4. The quantitative estimate of drug-likeness (QED) is 0.862. The summed E-state index contributed by atoms with van der Waals surface area (Å²) in [7, 11) is 1.50. The zero-order valence-corrected chi connectivity index (χ0v) is 13.6. The molecule has 1 aromatic carbocycles. The number of likely N-dealkylation sites (tertiary alicyclic amines) is 1. The standard InChI is InChI=1S/C17H21F2NO4/c1-24-8-6-17(16(22)23)5-2-7-20(11-17)15(21)10-12-3-4-13(18)14(19)9-12/h3-4,9H,2,5-8,10-11H2,1H3,(H,22,23)/t17-/m1/s1. The van der Waals surface area contributed by atoms with Crippen molar-refractivity contribution >= 4 is 11.9 Å². The van der Waals surface area contributed by atoms with Crippen LogP contribution in [0.4, 0.5) is 8.78 Å². The van der Waals surface area contributed by atoms with Crippen molar-refractivity contribution in [2.24, 2.45) is 5.41 Å². The van der Waals surface area contributed by atoms with Gasteiger partial charge in [-0.05, 0) is 37.0 Å². The van der Waals surface area contributed by atoms with Crippen LogP contribution >= 0.6 is 0 Å². The average Bonchev–Trinajstić information content (AvgIpc) is 2.56. The van der Waals surface area contributed by atoms with Crippen LogP contribution in [-0.2, 0) is 20.7 Å². The molecule has 0 unspecified atom stereocenters. The normalized spacial score (nSPS) is 20.9. The van der Waals surface area contributed by atoms with E-state index in [1.165, 1.54) is 18.1 Å². The summed E-state index contributed by atoms with van der Waals surface area (Å²) < 4.78 is 31.2. The number of aliphatic carboxylic acids is 1. The molecule has 5 nitrogen and oxygen atoms in total. The summed E-state index contributed by atoms with van der Waals surface area (Å²) in [6.07, 6.45) is 1.31. The topological polar surface area (TPSA) is 66.8 Å². The van der Waals surface area contributed by atoms with Gasteiger partial charge in [0.15, 0.2) is 11.6 Å². The van der Waals surface area contributed by atoms with Crippen molar-refractivity contribution in [3.05, 3.63) is 35.4 Å². The van der Waals surface area contributed by atoms with Crippen LogP contribution in [0.5, 0.6) is 0 Å². The maximum Gasteiger partial charge on any atom is 0.311 e. The molecule has 1 heterocycles. The molecule has 2 rings (SSSR count). The second kappa shape index (κ2) is 7.70. The fourth-order valence-electron chi connectivity index (χ4n) is 3.06. The molecule has 0 radical (unpaired) electrons. The Morgan fingerprint density at radius 2 is 2.08 bits per heavy atom. The van der Waals surface area contributed by atoms with Crippen LogP contribution in [0.25, 0.3) is 0 Å². The first kappa shape index (κ1) is 18.3. The van der Waals surface area contributed by atoms with Crippen molar-refractivity contribution < 1.29 is 28.2 Å². The van der Waals surface area contributed by atoms with E-state index in [0.717, 1.165) is 12.1 Å². The minimum atomic E-state index is -1.02. The third-order valence-corrected chi connectivity index (χ3v) is 4.51. The van der Waals surface area contributed by atoms with Crippen molar-refractivity contribution in [1.82, 2.24) is 4.90 Å². The Hall–Kier alpha value is -2.02. The highest BCUT2D eigenvalue weighted by Crippen LogP contribution is 2.34. The molecule has 1 aliphatic rings. The van der Waals surface area contributed by atoms with E-state index < -0.39 is 23.0 Å². The molecule has 1 saturated heterocycles. The highest BCUT2D eigenvalue weighted by atomic mass is 19.2. The number of halogens is 2. The monoisotopic (exact) mass is 341 g/mol. The van der Waals surface area contributed by atoms with Crippen LogP contribution in [0.15, 0.2) is 18.2 Å². The number of benzene rings is 1. The lowest BCUT2D eigenvalue weighted by Crippen LogP contribution is -2.50. The van der Waals surface area contributed by atoms with E-state index in [0.29, 0.717) is 38.0 Å². The lowest BCUT2D eigenvalue weighted by molar-refractivity contribution is -0.156. The van der Waals surface area contributed by atoms with E-state index in [9.17, 15) is 23.5 Å². The van der Waals surface area contributed by atoms with Gasteiger partial charge in [0.25, 0.3) is 0 Å². The molecule has 132 valence electrons. The Balaban J connectivity index is 2.08. The van der Waals surface area contributed by atoms with Gasteiger partial charge in [0.1, 0.15) is 0 Å². The molecule has 0 bridgehead atoms. The number of rotatable bonds is 6. The van der Waals surface area contributed by atoms with Crippen molar-refractivity contribution in [2.75, 3.05) is 26.8 Å². The van der Waals surface area contributed by atoms with Crippen molar-refractivity contribution in [3.8, 4) is 0 Å². The second-order valence-corrected chi connectivity index (χ2v) is 6.17. The molecule has 0 saturated carbocycles. The highest BCUT2D eigenvalue weighted by Gasteiger charge is 2.43. The summed E-state index contributed by atoms with van der Waals surface area (Å²) in [5.74, 6) is -3.19. The van der Waals surface area contributed by atoms with Crippen molar-refractivity contribution in [3.63, 3.8) is 0 Å². The number of hydrogen-bond acceptors (Lipinski definition) is 3. The largest absolute Gasteiger partial charge is 0.481 e. The van der Waals surface area contributed by atoms with Gasteiger partial charge < -0.3 is 14.7 Å². The van der Waals surface area contributed by atoms with E-state index in [2.05, 4.69) is 0 Å². The van der Waals surface area contributed by atoms with Crippen LogP contribution in [0.2, 0.25) is 0 Å². The predicted octanol–water partition coefficient (Wildman–Crippen LogP) is 2.24. The molecule has 0 aliphatic carbocycles. The Labute approximate surface area is 139 Å². The van der Waals surface area contributed by atoms with Gasteiger partial charge in [-0.3, -0.25) is 9.59 Å². The summed E-state index contributed by atoms with van der Waals surface area (Å²) in [4.78, 5) is 25.6. The third kappa shape index (κ3) is 4.08. The number of nitrogens with zero attached hydrogens (tertiary/aromatic N) is 1. The van der Waals surface area contributed by atoms with Gasteiger partial charge in [-0.25, -0.2) is 8.78 Å². The zero-order valence-electron chi connectivity index (χ0n) is 13.6. The van der Waals surface area contributed by atoms with E-state index in [1.807, 2.05) is 0 Å². The predicted molar refractivity (Wildman–Crippen MR) is 82.4 cm³/mol. The number of piperidine rings is 1. The molecule has 24 heavy (non-hydrogen) atoms. The molecule has 1 atom stereocenters. The van der Waals surface area contributed by atoms with E-state index in [1.54, 1.807) is 0 Å². The van der Waals surface area contributed by atoms with Gasteiger partial charge in [0, 0.05) is 26.8 Å². The lowest BCUT2D eigenvalue weighted by Gasteiger charge is -2.40. The van der Waals surface area contributed by atoms with Crippen LogP contribution in [0.1, 0.15) is 24.8 Å². The number of ether oxygens (including phenoxy) is 1. The number of carbonyl (C=O) groups is 2. The number of amides is 1. The van der Waals surface area contributed by atoms with Crippen molar-refractivity contribution in [2.45, 2.75) is 25.7 Å². The molecule has 1 amide bonds. The molecule has 1 aromatic rings. The first-order valence-electron chi connectivity index (χ1n) is 7.82. The first-order valence-corrected chi connectivity index (χ1v) is 7.82. The third-order valence-electron chi connectivity index (χ3n) is 4.51. The smallest absolute Gasteiger partial charge is 0.311 e. The molecule has 1 aliphatic heterocycles. The van der Waals surface area contributed by atoms with Crippen LogP contribution < -0.4 is 0 Å². The fraction of sp³-hybridized carbons (Fsp3) is 0.529. The second-order valence-electron chi connectivity index (χ2n) is 6.17. The van der Waals surface area contributed by atoms with E-state index in [4.69, 9.17) is 4.74 Å². The maximum absolute atomic E-state index is 13.2. The Morgan fingerprint density at radius 1 is 1.33 bits per heavy atom. The molecular weight excluding hydrogens is 320 g/mol.